The van der Waals surface area contributed by atoms with Gasteiger partial charge in [-0.05, 0) is 12.8 Å². The Bertz CT molecular complexity index is 485. The fraction of sp³-hybridized carbons (Fsp3) is 0.500. The van der Waals surface area contributed by atoms with Gasteiger partial charge in [0.25, 0.3) is 0 Å². The van der Waals surface area contributed by atoms with E-state index in [9.17, 15) is 0 Å². The Hall–Kier alpha value is -1.43. The molecule has 0 atom stereocenters. The average Bonchev–Trinajstić information content (AvgIpc) is 2.89. The van der Waals surface area contributed by atoms with Gasteiger partial charge in [0.15, 0.2) is 0 Å². The molecule has 1 aliphatic rings. The molecule has 0 spiro atoms. The molecule has 0 bridgehead atoms. The summed E-state index contributed by atoms with van der Waals surface area (Å²) in [5, 5.41) is 4.15. The number of hydrogen-bond acceptors (Lipinski definition) is 5. The highest BCUT2D eigenvalue weighted by molar-refractivity contribution is 7.09. The van der Waals surface area contributed by atoms with Crippen molar-refractivity contribution in [1.29, 1.82) is 0 Å². The third-order valence-electron chi connectivity index (χ3n) is 2.70. The van der Waals surface area contributed by atoms with Gasteiger partial charge >= 0.3 is 0 Å². The zero-order valence-electron chi connectivity index (χ0n) is 9.05. The molecule has 1 N–H and O–H groups in total. The van der Waals surface area contributed by atoms with Crippen molar-refractivity contribution in [2.45, 2.75) is 25.3 Å². The van der Waals surface area contributed by atoms with Crippen LogP contribution in [0.15, 0.2) is 12.4 Å². The monoisotopic (exact) mass is 235 g/mol. The van der Waals surface area contributed by atoms with E-state index in [-0.39, 0.29) is 0 Å². The van der Waals surface area contributed by atoms with E-state index in [4.69, 9.17) is 0 Å². The van der Waals surface area contributed by atoms with Crippen LogP contribution in [0, 0.1) is 0 Å². The van der Waals surface area contributed by atoms with Crippen molar-refractivity contribution in [2.24, 2.45) is 7.05 Å². The second kappa shape index (κ2) is 3.86. The average molecular weight is 235 g/mol. The first kappa shape index (κ1) is 9.77. The Kier molecular flexibility index (Phi) is 2.36. The van der Waals surface area contributed by atoms with Crippen molar-refractivity contribution in [1.82, 2.24) is 18.9 Å². The highest BCUT2D eigenvalue weighted by Gasteiger charge is 2.27. The maximum absolute atomic E-state index is 4.46. The number of nitrogens with zero attached hydrogens (tertiary/aromatic N) is 4. The molecule has 0 radical (unpaired) electrons. The van der Waals surface area contributed by atoms with Crippen LogP contribution >= 0.6 is 11.5 Å². The molecule has 0 amide bonds. The first-order chi connectivity index (χ1) is 7.83. The van der Waals surface area contributed by atoms with E-state index in [0.29, 0.717) is 12.5 Å². The summed E-state index contributed by atoms with van der Waals surface area (Å²) < 4.78 is 6.34. The summed E-state index contributed by atoms with van der Waals surface area (Å²) >= 11 is 1.44. The minimum atomic E-state index is 0.625. The second-order valence-electron chi connectivity index (χ2n) is 4.04. The maximum atomic E-state index is 4.46. The number of hydrogen-bond donors (Lipinski definition) is 1. The van der Waals surface area contributed by atoms with Crippen LogP contribution in [0.4, 0.5) is 5.13 Å². The van der Waals surface area contributed by atoms with Crippen molar-refractivity contribution in [3.05, 3.63) is 24.0 Å². The van der Waals surface area contributed by atoms with Crippen LogP contribution in [0.2, 0.25) is 0 Å². The molecule has 2 aromatic heterocycles. The number of imidazole rings is 1. The zero-order chi connectivity index (χ0) is 11.0. The molecule has 6 heteroatoms. The van der Waals surface area contributed by atoms with Gasteiger partial charge < -0.3 is 9.88 Å². The van der Waals surface area contributed by atoms with Gasteiger partial charge in [0, 0.05) is 36.9 Å². The molecular weight excluding hydrogens is 222 g/mol. The molecule has 5 nitrogen and oxygen atoms in total. The third-order valence-corrected chi connectivity index (χ3v) is 3.39. The van der Waals surface area contributed by atoms with Crippen molar-refractivity contribution >= 4 is 16.7 Å². The largest absolute Gasteiger partial charge is 0.353 e. The highest BCUT2D eigenvalue weighted by atomic mass is 32.1. The van der Waals surface area contributed by atoms with E-state index in [1.54, 1.807) is 6.20 Å². The summed E-state index contributed by atoms with van der Waals surface area (Å²) in [4.78, 5) is 8.70. The highest BCUT2D eigenvalue weighted by Crippen LogP contribution is 2.39. The summed E-state index contributed by atoms with van der Waals surface area (Å²) in [6, 6.07) is 0. The lowest BCUT2D eigenvalue weighted by atomic mass is 10.4. The van der Waals surface area contributed by atoms with Crippen LogP contribution in [0.5, 0.6) is 0 Å². The Morgan fingerprint density at radius 2 is 2.44 bits per heavy atom. The third kappa shape index (κ3) is 1.92. The fourth-order valence-corrected chi connectivity index (χ4v) is 2.18. The van der Waals surface area contributed by atoms with Crippen LogP contribution in [-0.4, -0.2) is 18.9 Å². The first-order valence-electron chi connectivity index (χ1n) is 5.36. The Morgan fingerprint density at radius 3 is 3.12 bits per heavy atom. The molecule has 3 rings (SSSR count). The summed E-state index contributed by atoms with van der Waals surface area (Å²) in [5.74, 6) is 2.63. The summed E-state index contributed by atoms with van der Waals surface area (Å²) in [6.45, 7) is 0.697. The molecule has 16 heavy (non-hydrogen) atoms. The van der Waals surface area contributed by atoms with Crippen molar-refractivity contribution in [2.75, 3.05) is 5.32 Å². The van der Waals surface area contributed by atoms with E-state index in [1.807, 2.05) is 17.8 Å². The van der Waals surface area contributed by atoms with Crippen molar-refractivity contribution < 1.29 is 0 Å². The molecule has 0 aromatic carbocycles. The molecule has 2 heterocycles. The molecule has 2 aromatic rings. The van der Waals surface area contributed by atoms with Gasteiger partial charge in [-0.2, -0.15) is 4.37 Å². The number of aryl methyl sites for hydroxylation is 1. The molecule has 0 unspecified atom stereocenters. The van der Waals surface area contributed by atoms with E-state index < -0.39 is 0 Å². The van der Waals surface area contributed by atoms with Crippen molar-refractivity contribution in [3.8, 4) is 0 Å². The van der Waals surface area contributed by atoms with Gasteiger partial charge in [-0.1, -0.05) is 0 Å². The van der Waals surface area contributed by atoms with E-state index >= 15 is 0 Å². The minimum Gasteiger partial charge on any atom is -0.353 e. The predicted molar refractivity (Wildman–Crippen MR) is 62.4 cm³/mol. The number of nitrogens with one attached hydrogen (secondary N) is 1. The maximum Gasteiger partial charge on any atom is 0.202 e. The van der Waals surface area contributed by atoms with E-state index in [2.05, 4.69) is 19.7 Å². The normalized spacial score (nSPS) is 15.3. The van der Waals surface area contributed by atoms with Gasteiger partial charge in [-0.25, -0.2) is 9.97 Å². The molecule has 1 saturated carbocycles. The van der Waals surface area contributed by atoms with Crippen LogP contribution in [0.3, 0.4) is 0 Å². The first-order valence-corrected chi connectivity index (χ1v) is 6.14. The summed E-state index contributed by atoms with van der Waals surface area (Å²) in [7, 11) is 1.99. The summed E-state index contributed by atoms with van der Waals surface area (Å²) in [6.07, 6.45) is 6.23. The van der Waals surface area contributed by atoms with Crippen LogP contribution in [-0.2, 0) is 13.6 Å². The van der Waals surface area contributed by atoms with Crippen LogP contribution < -0.4 is 5.32 Å². The standard InChI is InChI=1S/C10H13N5S/c1-15-5-4-11-8(15)6-12-10-13-9(14-16-10)7-2-3-7/h4-5,7H,2-3,6H2,1H3,(H,12,13,14). The van der Waals surface area contributed by atoms with Gasteiger partial charge in [-0.15, -0.1) is 0 Å². The lowest BCUT2D eigenvalue weighted by Gasteiger charge is -2.01. The summed E-state index contributed by atoms with van der Waals surface area (Å²) in [5.41, 5.74) is 0. The SMILES string of the molecule is Cn1ccnc1CNc1nc(C2CC2)ns1. The number of anilines is 1. The molecule has 0 aliphatic heterocycles. The Balaban J connectivity index is 1.63. The molecular formula is C10H13N5S. The Morgan fingerprint density at radius 1 is 1.56 bits per heavy atom. The van der Waals surface area contributed by atoms with E-state index in [0.717, 1.165) is 16.8 Å². The van der Waals surface area contributed by atoms with Gasteiger partial charge in [-0.3, -0.25) is 0 Å². The smallest absolute Gasteiger partial charge is 0.202 e. The topological polar surface area (TPSA) is 55.6 Å². The molecule has 1 aliphatic carbocycles. The van der Waals surface area contributed by atoms with Gasteiger partial charge in [0.2, 0.25) is 5.13 Å². The van der Waals surface area contributed by atoms with E-state index in [1.165, 1.54) is 24.4 Å². The lowest BCUT2D eigenvalue weighted by Crippen LogP contribution is -2.05. The quantitative estimate of drug-likeness (QED) is 0.877. The minimum absolute atomic E-state index is 0.625. The lowest BCUT2D eigenvalue weighted by molar-refractivity contribution is 0.811. The van der Waals surface area contributed by atoms with Crippen LogP contribution in [0.25, 0.3) is 0 Å². The van der Waals surface area contributed by atoms with Gasteiger partial charge in [0.1, 0.15) is 11.6 Å². The van der Waals surface area contributed by atoms with Gasteiger partial charge in [0.05, 0.1) is 6.54 Å². The number of rotatable bonds is 4. The predicted octanol–water partition coefficient (Wildman–Crippen LogP) is 1.76. The zero-order valence-corrected chi connectivity index (χ0v) is 9.87. The number of aromatic nitrogens is 4. The molecule has 1 fully saturated rings. The molecule has 84 valence electrons. The Labute approximate surface area is 97.7 Å². The second-order valence-corrected chi connectivity index (χ2v) is 4.79. The molecule has 0 saturated heterocycles. The van der Waals surface area contributed by atoms with Crippen molar-refractivity contribution in [3.63, 3.8) is 0 Å². The fourth-order valence-electron chi connectivity index (χ4n) is 1.54. The van der Waals surface area contributed by atoms with Crippen LogP contribution in [0.1, 0.15) is 30.4 Å².